The summed E-state index contributed by atoms with van der Waals surface area (Å²) in [5.74, 6) is -2.90. The van der Waals surface area contributed by atoms with Crippen LogP contribution in [0.1, 0.15) is 35.3 Å². The maximum absolute atomic E-state index is 12.7. The summed E-state index contributed by atoms with van der Waals surface area (Å²) >= 11 is 0.392. The molecule has 0 saturated heterocycles. The van der Waals surface area contributed by atoms with Crippen LogP contribution in [0.25, 0.3) is 0 Å². The second kappa shape index (κ2) is 10.3. The molecule has 0 bridgehead atoms. The van der Waals surface area contributed by atoms with Crippen molar-refractivity contribution in [1.29, 1.82) is 0 Å². The van der Waals surface area contributed by atoms with E-state index >= 15 is 0 Å². The Hall–Kier alpha value is -1.92. The molecule has 140 valence electrons. The Morgan fingerprint density at radius 3 is 2.31 bits per heavy atom. The van der Waals surface area contributed by atoms with Crippen molar-refractivity contribution < 1.29 is 13.6 Å². The molecule has 6 heteroatoms. The van der Waals surface area contributed by atoms with Gasteiger partial charge in [0.05, 0.1) is 5.56 Å². The van der Waals surface area contributed by atoms with Crippen molar-refractivity contribution in [3.63, 3.8) is 0 Å². The first-order valence-corrected chi connectivity index (χ1v) is 9.54. The molecule has 2 rings (SSSR count). The summed E-state index contributed by atoms with van der Waals surface area (Å²) in [5, 5.41) is 2.86. The summed E-state index contributed by atoms with van der Waals surface area (Å²) < 4.78 is 25.4. The second-order valence-corrected chi connectivity index (χ2v) is 6.82. The van der Waals surface area contributed by atoms with E-state index < -0.39 is 5.76 Å². The fourth-order valence-corrected chi connectivity index (χ4v) is 3.33. The highest BCUT2D eigenvalue weighted by Gasteiger charge is 2.15. The zero-order valence-electron chi connectivity index (χ0n) is 15.0. The smallest absolute Gasteiger partial charge is 0.288 e. The van der Waals surface area contributed by atoms with E-state index in [1.165, 1.54) is 0 Å². The fraction of sp³-hybridized carbons (Fsp3) is 0.350. The molecule has 0 aliphatic rings. The van der Waals surface area contributed by atoms with Crippen molar-refractivity contribution in [2.24, 2.45) is 0 Å². The lowest BCUT2D eigenvalue weighted by Gasteiger charge is -2.20. The molecule has 0 spiro atoms. The molecule has 0 fully saturated rings. The largest absolute Gasteiger partial charge is 0.348 e. The van der Waals surface area contributed by atoms with Gasteiger partial charge in [0.1, 0.15) is 0 Å². The van der Waals surface area contributed by atoms with Crippen molar-refractivity contribution >= 4 is 17.7 Å². The average molecular weight is 378 g/mol. The number of amides is 1. The maximum atomic E-state index is 12.7. The third kappa shape index (κ3) is 5.81. The zero-order chi connectivity index (χ0) is 18.9. The van der Waals surface area contributed by atoms with E-state index in [1.807, 2.05) is 18.2 Å². The summed E-state index contributed by atoms with van der Waals surface area (Å²) in [6.45, 7) is 7.32. The van der Waals surface area contributed by atoms with Crippen LogP contribution in [-0.4, -0.2) is 29.7 Å². The third-order valence-electron chi connectivity index (χ3n) is 4.19. The van der Waals surface area contributed by atoms with Gasteiger partial charge in [0.2, 0.25) is 0 Å². The fourth-order valence-electron chi connectivity index (χ4n) is 2.70. The normalized spacial score (nSPS) is 11.2. The number of alkyl halides is 2. The van der Waals surface area contributed by atoms with Crippen LogP contribution >= 0.6 is 11.8 Å². The lowest BCUT2D eigenvalue weighted by atomic mass is 10.1. The van der Waals surface area contributed by atoms with Crippen molar-refractivity contribution in [3.8, 4) is 0 Å². The Labute approximate surface area is 157 Å². The quantitative estimate of drug-likeness (QED) is 0.638. The van der Waals surface area contributed by atoms with E-state index in [0.29, 0.717) is 18.3 Å². The lowest BCUT2D eigenvalue weighted by molar-refractivity contribution is 0.0948. The number of carbonyl (C=O) groups excluding carboxylic acids is 1. The Bertz CT molecular complexity index is 720. The van der Waals surface area contributed by atoms with Gasteiger partial charge >= 0.3 is 0 Å². The van der Waals surface area contributed by atoms with E-state index in [0.717, 1.165) is 30.8 Å². The van der Waals surface area contributed by atoms with Gasteiger partial charge < -0.3 is 5.32 Å². The van der Waals surface area contributed by atoms with Gasteiger partial charge in [0, 0.05) is 18.0 Å². The first kappa shape index (κ1) is 20.4. The number of thioether (sulfide) groups is 1. The van der Waals surface area contributed by atoms with Crippen LogP contribution in [0.15, 0.2) is 53.4 Å². The summed E-state index contributed by atoms with van der Waals surface area (Å²) in [5.41, 5.74) is 2.47. The first-order valence-electron chi connectivity index (χ1n) is 8.66. The minimum absolute atomic E-state index is 0.277. The van der Waals surface area contributed by atoms with Gasteiger partial charge in [-0.15, -0.1) is 0 Å². The van der Waals surface area contributed by atoms with Gasteiger partial charge in [-0.3, -0.25) is 9.69 Å². The number of rotatable bonds is 9. The molecule has 0 aromatic heterocycles. The molecule has 0 unspecified atom stereocenters. The molecule has 2 aromatic rings. The number of nitrogens with one attached hydrogen (secondary N) is 1. The van der Waals surface area contributed by atoms with Crippen LogP contribution in [-0.2, 0) is 13.1 Å². The van der Waals surface area contributed by atoms with Crippen LogP contribution in [0.3, 0.4) is 0 Å². The van der Waals surface area contributed by atoms with Crippen molar-refractivity contribution in [2.75, 3.05) is 13.1 Å². The molecule has 3 nitrogen and oxygen atoms in total. The van der Waals surface area contributed by atoms with Crippen molar-refractivity contribution in [3.05, 3.63) is 65.2 Å². The number of hydrogen-bond acceptors (Lipinski definition) is 3. The van der Waals surface area contributed by atoms with Crippen LogP contribution < -0.4 is 5.32 Å². The molecule has 0 saturated carbocycles. The van der Waals surface area contributed by atoms with Gasteiger partial charge in [0.15, 0.2) is 0 Å². The molecule has 0 aliphatic carbocycles. The number of benzene rings is 2. The van der Waals surface area contributed by atoms with Crippen LogP contribution in [0.4, 0.5) is 8.78 Å². The summed E-state index contributed by atoms with van der Waals surface area (Å²) in [7, 11) is 0. The molecule has 1 amide bonds. The molecular weight excluding hydrogens is 354 g/mol. The van der Waals surface area contributed by atoms with Crippen molar-refractivity contribution in [1.82, 2.24) is 10.2 Å². The standard InChI is InChI=1S/C20H24F2N2OS/c1-3-24(4-2)14-16-10-6-5-9-15(16)13-23-19(25)17-11-7-8-12-18(17)26-20(21)22/h5-12,20H,3-4,13-14H2,1-2H3,(H,23,25). The number of hydrogen-bond donors (Lipinski definition) is 1. The zero-order valence-corrected chi connectivity index (χ0v) is 15.9. The van der Waals surface area contributed by atoms with E-state index in [2.05, 4.69) is 30.1 Å². The monoisotopic (exact) mass is 378 g/mol. The van der Waals surface area contributed by atoms with Gasteiger partial charge in [0.25, 0.3) is 11.7 Å². The molecule has 26 heavy (non-hydrogen) atoms. The molecule has 0 aliphatic heterocycles. The Morgan fingerprint density at radius 1 is 1.04 bits per heavy atom. The highest BCUT2D eigenvalue weighted by Crippen LogP contribution is 2.28. The third-order valence-corrected chi connectivity index (χ3v) is 4.98. The molecule has 0 atom stereocenters. The first-order chi connectivity index (χ1) is 12.5. The van der Waals surface area contributed by atoms with Crippen LogP contribution in [0.2, 0.25) is 0 Å². The Kier molecular flexibility index (Phi) is 8.06. The van der Waals surface area contributed by atoms with Gasteiger partial charge in [-0.2, -0.15) is 8.78 Å². The average Bonchev–Trinajstić information content (AvgIpc) is 2.65. The lowest BCUT2D eigenvalue weighted by Crippen LogP contribution is -2.26. The Balaban J connectivity index is 2.09. The van der Waals surface area contributed by atoms with Gasteiger partial charge in [-0.05, 0) is 36.3 Å². The van der Waals surface area contributed by atoms with Crippen molar-refractivity contribution in [2.45, 2.75) is 37.6 Å². The SMILES string of the molecule is CCN(CC)Cc1ccccc1CNC(=O)c1ccccc1SC(F)F. The highest BCUT2D eigenvalue weighted by atomic mass is 32.2. The minimum atomic E-state index is -2.56. The van der Waals surface area contributed by atoms with E-state index in [1.54, 1.807) is 24.3 Å². The van der Waals surface area contributed by atoms with Gasteiger partial charge in [-0.1, -0.05) is 62.0 Å². The topological polar surface area (TPSA) is 32.3 Å². The van der Waals surface area contributed by atoms with Crippen LogP contribution in [0, 0.1) is 0 Å². The molecule has 1 N–H and O–H groups in total. The Morgan fingerprint density at radius 2 is 1.65 bits per heavy atom. The molecular formula is C20H24F2N2OS. The molecule has 0 radical (unpaired) electrons. The second-order valence-electron chi connectivity index (χ2n) is 5.79. The molecule has 0 heterocycles. The predicted molar refractivity (Wildman–Crippen MR) is 103 cm³/mol. The van der Waals surface area contributed by atoms with Gasteiger partial charge in [-0.25, -0.2) is 0 Å². The minimum Gasteiger partial charge on any atom is -0.348 e. The highest BCUT2D eigenvalue weighted by molar-refractivity contribution is 7.99. The number of carbonyl (C=O) groups is 1. The summed E-state index contributed by atoms with van der Waals surface area (Å²) in [4.78, 5) is 15.1. The summed E-state index contributed by atoms with van der Waals surface area (Å²) in [6.07, 6.45) is 0. The molecule has 2 aromatic carbocycles. The maximum Gasteiger partial charge on any atom is 0.288 e. The number of halogens is 2. The van der Waals surface area contributed by atoms with Crippen LogP contribution in [0.5, 0.6) is 0 Å². The van der Waals surface area contributed by atoms with E-state index in [4.69, 9.17) is 0 Å². The number of nitrogens with zero attached hydrogens (tertiary/aromatic N) is 1. The van der Waals surface area contributed by atoms with E-state index in [9.17, 15) is 13.6 Å². The summed E-state index contributed by atoms with van der Waals surface area (Å²) in [6, 6.07) is 14.4. The predicted octanol–water partition coefficient (Wildman–Crippen LogP) is 4.77. The van der Waals surface area contributed by atoms with E-state index in [-0.39, 0.29) is 16.4 Å².